The van der Waals surface area contributed by atoms with Gasteiger partial charge in [-0.1, -0.05) is 24.3 Å². The molecule has 0 saturated carbocycles. The van der Waals surface area contributed by atoms with Gasteiger partial charge in [-0.2, -0.15) is 0 Å². The molecular formula is C21H13ClO4. The molecule has 4 rings (SSSR count). The zero-order chi connectivity index (χ0) is 18.4. The molecule has 0 aromatic heterocycles. The number of aromatic hydroxyl groups is 1. The maximum atomic E-state index is 11.9. The number of rotatable bonds is 2. The van der Waals surface area contributed by atoms with Crippen molar-refractivity contribution >= 4 is 27.8 Å². The molecule has 0 saturated heterocycles. The second-order valence-corrected chi connectivity index (χ2v) is 6.40. The SMILES string of the molecule is Cc1ccccc1-c1c2ccc(=O)cc-2oc2c(C(=O)Cl)c(O)ccc12. The van der Waals surface area contributed by atoms with Crippen LogP contribution in [0.5, 0.6) is 5.75 Å². The molecule has 5 heteroatoms. The predicted octanol–water partition coefficient (Wildman–Crippen LogP) is 4.96. The molecule has 0 amide bonds. The van der Waals surface area contributed by atoms with Gasteiger partial charge in [-0.25, -0.2) is 0 Å². The summed E-state index contributed by atoms with van der Waals surface area (Å²) in [5, 5.41) is 9.90. The first-order valence-electron chi connectivity index (χ1n) is 7.96. The fourth-order valence-corrected chi connectivity index (χ4v) is 3.44. The van der Waals surface area contributed by atoms with Crippen LogP contribution in [-0.2, 0) is 0 Å². The molecule has 0 bridgehead atoms. The van der Waals surface area contributed by atoms with E-state index < -0.39 is 5.24 Å². The van der Waals surface area contributed by atoms with E-state index in [1.165, 1.54) is 18.2 Å². The highest BCUT2D eigenvalue weighted by atomic mass is 35.5. The number of hydrogen-bond donors (Lipinski definition) is 1. The van der Waals surface area contributed by atoms with Gasteiger partial charge < -0.3 is 9.52 Å². The van der Waals surface area contributed by atoms with E-state index in [-0.39, 0.29) is 22.3 Å². The van der Waals surface area contributed by atoms with Gasteiger partial charge in [-0.15, -0.1) is 0 Å². The Balaban J connectivity index is 2.28. The van der Waals surface area contributed by atoms with Gasteiger partial charge in [0.05, 0.1) is 0 Å². The monoisotopic (exact) mass is 364 g/mol. The quantitative estimate of drug-likeness (QED) is 0.403. The summed E-state index contributed by atoms with van der Waals surface area (Å²) >= 11 is 5.68. The minimum absolute atomic E-state index is 0.114. The molecule has 0 unspecified atom stereocenters. The molecule has 0 atom stereocenters. The number of carbonyl (C=O) groups excluding carboxylic acids is 1. The van der Waals surface area contributed by atoms with Gasteiger partial charge >= 0.3 is 0 Å². The summed E-state index contributed by atoms with van der Waals surface area (Å²) in [5.74, 6) is 0.0580. The number of hydrogen-bond acceptors (Lipinski definition) is 4. The topological polar surface area (TPSA) is 67.5 Å². The van der Waals surface area contributed by atoms with Gasteiger partial charge in [0.1, 0.15) is 17.1 Å². The zero-order valence-electron chi connectivity index (χ0n) is 13.7. The molecule has 1 aliphatic carbocycles. The minimum atomic E-state index is -0.829. The number of phenolic OH excluding ortho intramolecular Hbond substituents is 1. The van der Waals surface area contributed by atoms with Crippen LogP contribution in [0.25, 0.3) is 33.4 Å². The van der Waals surface area contributed by atoms with E-state index in [0.717, 1.165) is 22.3 Å². The van der Waals surface area contributed by atoms with E-state index in [4.69, 9.17) is 16.0 Å². The molecule has 2 aromatic carbocycles. The van der Waals surface area contributed by atoms with Crippen molar-refractivity contribution in [3.63, 3.8) is 0 Å². The van der Waals surface area contributed by atoms with Crippen LogP contribution in [0.3, 0.4) is 0 Å². The van der Waals surface area contributed by atoms with Crippen LogP contribution < -0.4 is 5.43 Å². The van der Waals surface area contributed by atoms with Crippen molar-refractivity contribution in [1.29, 1.82) is 0 Å². The van der Waals surface area contributed by atoms with Crippen LogP contribution in [0.15, 0.2) is 63.8 Å². The maximum Gasteiger partial charge on any atom is 0.259 e. The normalized spacial score (nSPS) is 11.2. The lowest BCUT2D eigenvalue weighted by Crippen LogP contribution is -2.02. The lowest BCUT2D eigenvalue weighted by atomic mass is 9.90. The molecule has 1 aliphatic heterocycles. The van der Waals surface area contributed by atoms with Crippen LogP contribution in [-0.4, -0.2) is 10.3 Å². The lowest BCUT2D eigenvalue weighted by molar-refractivity contribution is 0.107. The Morgan fingerprint density at radius 2 is 1.81 bits per heavy atom. The predicted molar refractivity (Wildman–Crippen MR) is 101 cm³/mol. The van der Waals surface area contributed by atoms with Crippen LogP contribution in [0.2, 0.25) is 0 Å². The van der Waals surface area contributed by atoms with E-state index >= 15 is 0 Å². The van der Waals surface area contributed by atoms with Crippen molar-refractivity contribution in [3.8, 4) is 28.2 Å². The third kappa shape index (κ3) is 2.47. The zero-order valence-corrected chi connectivity index (χ0v) is 14.5. The third-order valence-electron chi connectivity index (χ3n) is 4.45. The van der Waals surface area contributed by atoms with Crippen LogP contribution in [0, 0.1) is 6.92 Å². The minimum Gasteiger partial charge on any atom is -0.507 e. The Morgan fingerprint density at radius 3 is 2.54 bits per heavy atom. The Labute approximate surface area is 153 Å². The highest BCUT2D eigenvalue weighted by Crippen LogP contribution is 2.43. The molecule has 0 spiro atoms. The van der Waals surface area contributed by atoms with Crippen LogP contribution in [0.1, 0.15) is 15.9 Å². The highest BCUT2D eigenvalue weighted by Gasteiger charge is 2.23. The fraction of sp³-hybridized carbons (Fsp3) is 0.0476. The Bertz CT molecular complexity index is 1210. The van der Waals surface area contributed by atoms with E-state index in [2.05, 4.69) is 0 Å². The summed E-state index contributed by atoms with van der Waals surface area (Å²) < 4.78 is 5.84. The van der Waals surface area contributed by atoms with Gasteiger partial charge in [-0.05, 0) is 53.9 Å². The molecular weight excluding hydrogens is 352 g/mol. The van der Waals surface area contributed by atoms with Crippen molar-refractivity contribution in [2.75, 3.05) is 0 Å². The van der Waals surface area contributed by atoms with E-state index in [1.807, 2.05) is 31.2 Å². The third-order valence-corrected chi connectivity index (χ3v) is 4.64. The molecule has 26 heavy (non-hydrogen) atoms. The number of carbonyl (C=O) groups is 1. The lowest BCUT2D eigenvalue weighted by Gasteiger charge is -2.17. The number of fused-ring (bicyclic) bond motifs is 2. The molecule has 0 radical (unpaired) electrons. The van der Waals surface area contributed by atoms with Gasteiger partial charge in [0.2, 0.25) is 0 Å². The van der Waals surface area contributed by atoms with Crippen molar-refractivity contribution in [3.05, 3.63) is 75.9 Å². The molecule has 1 N–H and O–H groups in total. The average molecular weight is 365 g/mol. The Kier molecular flexibility index (Phi) is 3.78. The van der Waals surface area contributed by atoms with E-state index in [0.29, 0.717) is 11.1 Å². The van der Waals surface area contributed by atoms with Crippen molar-refractivity contribution in [2.24, 2.45) is 0 Å². The van der Waals surface area contributed by atoms with Crippen molar-refractivity contribution in [1.82, 2.24) is 0 Å². The van der Waals surface area contributed by atoms with Crippen LogP contribution in [0.4, 0.5) is 0 Å². The number of halogens is 1. The summed E-state index contributed by atoms with van der Waals surface area (Å²) in [6.07, 6.45) is 0. The Hall–Kier alpha value is -3.11. The average Bonchev–Trinajstić information content (AvgIpc) is 2.60. The van der Waals surface area contributed by atoms with Crippen molar-refractivity contribution < 1.29 is 14.3 Å². The second-order valence-electron chi connectivity index (χ2n) is 6.06. The van der Waals surface area contributed by atoms with Gasteiger partial charge in [-0.3, -0.25) is 9.59 Å². The van der Waals surface area contributed by atoms with E-state index in [1.54, 1.807) is 12.1 Å². The summed E-state index contributed by atoms with van der Waals surface area (Å²) in [6.45, 7) is 1.98. The molecule has 2 aromatic rings. The smallest absolute Gasteiger partial charge is 0.259 e. The molecule has 2 aliphatic rings. The maximum absolute atomic E-state index is 11.9. The van der Waals surface area contributed by atoms with Gasteiger partial charge in [0.25, 0.3) is 5.24 Å². The van der Waals surface area contributed by atoms with Crippen molar-refractivity contribution in [2.45, 2.75) is 6.92 Å². The standard InChI is InChI=1S/C21H13ClO4/c1-11-4-2-3-5-13(11)18-14-7-6-12(23)10-17(14)26-20-15(18)8-9-16(24)19(20)21(22)25/h2-10,24H,1H3. The second kappa shape index (κ2) is 6.00. The summed E-state index contributed by atoms with van der Waals surface area (Å²) in [6, 6.07) is 15.4. The molecule has 128 valence electrons. The largest absolute Gasteiger partial charge is 0.507 e. The number of phenols is 1. The summed E-state index contributed by atoms with van der Waals surface area (Å²) in [5.41, 5.74) is 3.35. The molecule has 0 fully saturated rings. The van der Waals surface area contributed by atoms with E-state index in [9.17, 15) is 14.7 Å². The van der Waals surface area contributed by atoms with Gasteiger partial charge in [0.15, 0.2) is 11.0 Å². The number of aryl methyl sites for hydroxylation is 1. The van der Waals surface area contributed by atoms with Gasteiger partial charge in [0, 0.05) is 22.6 Å². The highest BCUT2D eigenvalue weighted by molar-refractivity contribution is 6.69. The summed E-state index contributed by atoms with van der Waals surface area (Å²) in [7, 11) is 0. The first-order chi connectivity index (χ1) is 12.5. The summed E-state index contributed by atoms with van der Waals surface area (Å²) in [4.78, 5) is 23.7. The van der Waals surface area contributed by atoms with Crippen LogP contribution >= 0.6 is 11.6 Å². The number of benzene rings is 3. The fourth-order valence-electron chi connectivity index (χ4n) is 3.26. The first kappa shape index (κ1) is 16.4. The molecule has 4 nitrogen and oxygen atoms in total. The molecule has 1 heterocycles. The first-order valence-corrected chi connectivity index (χ1v) is 8.33. The Morgan fingerprint density at radius 1 is 1.04 bits per heavy atom.